The van der Waals surface area contributed by atoms with Gasteiger partial charge < -0.3 is 14.7 Å². The molecule has 1 N–H and O–H groups in total. The maximum atomic E-state index is 12.2. The van der Waals surface area contributed by atoms with Crippen molar-refractivity contribution in [3.8, 4) is 0 Å². The van der Waals surface area contributed by atoms with Crippen molar-refractivity contribution < 1.29 is 9.32 Å². The summed E-state index contributed by atoms with van der Waals surface area (Å²) in [5.74, 6) is 1.31. The van der Waals surface area contributed by atoms with Crippen LogP contribution in [0.25, 0.3) is 0 Å². The van der Waals surface area contributed by atoms with Crippen LogP contribution in [0.2, 0.25) is 0 Å². The molecule has 2 atom stereocenters. The van der Waals surface area contributed by atoms with Crippen LogP contribution < -0.4 is 5.32 Å². The molecular weight excluding hydrogens is 218 g/mol. The van der Waals surface area contributed by atoms with Crippen molar-refractivity contribution in [2.45, 2.75) is 32.9 Å². The lowest BCUT2D eigenvalue weighted by molar-refractivity contribution is -0.133. The minimum atomic E-state index is -0.0482. The first-order valence-corrected chi connectivity index (χ1v) is 5.98. The summed E-state index contributed by atoms with van der Waals surface area (Å²) in [5.41, 5.74) is 0.795. The fourth-order valence-corrected chi connectivity index (χ4v) is 2.22. The molecule has 2 unspecified atom stereocenters. The van der Waals surface area contributed by atoms with E-state index in [2.05, 4.69) is 17.4 Å². The number of likely N-dealkylation sites (N-methyl/N-ethyl adjacent to an activating group) is 1. The third-order valence-corrected chi connectivity index (χ3v) is 3.25. The third kappa shape index (κ3) is 2.66. The quantitative estimate of drug-likeness (QED) is 0.850. The van der Waals surface area contributed by atoms with Gasteiger partial charge in [-0.05, 0) is 25.8 Å². The van der Waals surface area contributed by atoms with Crippen LogP contribution >= 0.6 is 0 Å². The summed E-state index contributed by atoms with van der Waals surface area (Å²) < 4.78 is 4.99. The molecule has 0 bridgehead atoms. The van der Waals surface area contributed by atoms with E-state index in [0.29, 0.717) is 12.5 Å². The van der Waals surface area contributed by atoms with Crippen molar-refractivity contribution in [1.82, 2.24) is 15.4 Å². The molecule has 17 heavy (non-hydrogen) atoms. The van der Waals surface area contributed by atoms with Gasteiger partial charge in [0.15, 0.2) is 0 Å². The van der Waals surface area contributed by atoms with Crippen molar-refractivity contribution in [2.24, 2.45) is 5.92 Å². The minimum Gasteiger partial charge on any atom is -0.361 e. The number of hydrogen-bond acceptors (Lipinski definition) is 4. The number of rotatable bonds is 3. The summed E-state index contributed by atoms with van der Waals surface area (Å²) >= 11 is 0. The van der Waals surface area contributed by atoms with Crippen molar-refractivity contribution in [3.63, 3.8) is 0 Å². The van der Waals surface area contributed by atoms with Gasteiger partial charge in [0.2, 0.25) is 5.91 Å². The van der Waals surface area contributed by atoms with Crippen LogP contribution in [0, 0.1) is 12.8 Å². The number of nitrogens with zero attached hydrogens (tertiary/aromatic N) is 2. The van der Waals surface area contributed by atoms with Crippen LogP contribution in [0.4, 0.5) is 0 Å². The van der Waals surface area contributed by atoms with Gasteiger partial charge in [-0.2, -0.15) is 0 Å². The Balaban J connectivity index is 1.95. The summed E-state index contributed by atoms with van der Waals surface area (Å²) in [7, 11) is 1.80. The van der Waals surface area contributed by atoms with E-state index in [4.69, 9.17) is 4.52 Å². The average Bonchev–Trinajstić information content (AvgIpc) is 2.86. The molecule has 1 aromatic rings. The second-order valence-corrected chi connectivity index (χ2v) is 4.82. The molecule has 1 amide bonds. The van der Waals surface area contributed by atoms with Gasteiger partial charge in [-0.15, -0.1) is 0 Å². The first-order valence-electron chi connectivity index (χ1n) is 5.98. The van der Waals surface area contributed by atoms with Crippen molar-refractivity contribution >= 4 is 5.91 Å². The summed E-state index contributed by atoms with van der Waals surface area (Å²) in [6.45, 7) is 5.38. The Morgan fingerprint density at radius 3 is 3.00 bits per heavy atom. The molecule has 0 aromatic carbocycles. The molecule has 0 spiro atoms. The van der Waals surface area contributed by atoms with E-state index in [1.54, 1.807) is 11.9 Å². The number of aromatic nitrogens is 1. The number of hydrogen-bond donors (Lipinski definition) is 1. The maximum Gasteiger partial charge on any atom is 0.240 e. The van der Waals surface area contributed by atoms with Gasteiger partial charge in [-0.1, -0.05) is 12.1 Å². The Kier molecular flexibility index (Phi) is 3.47. The van der Waals surface area contributed by atoms with Crippen LogP contribution in [0.1, 0.15) is 24.8 Å². The highest BCUT2D eigenvalue weighted by Crippen LogP contribution is 2.17. The average molecular weight is 237 g/mol. The molecule has 1 aliphatic rings. The van der Waals surface area contributed by atoms with E-state index >= 15 is 0 Å². The van der Waals surface area contributed by atoms with E-state index in [-0.39, 0.29) is 11.9 Å². The lowest BCUT2D eigenvalue weighted by Gasteiger charge is -2.22. The van der Waals surface area contributed by atoms with Crippen LogP contribution in [-0.4, -0.2) is 35.6 Å². The zero-order valence-corrected chi connectivity index (χ0v) is 10.6. The van der Waals surface area contributed by atoms with Crippen molar-refractivity contribution in [3.05, 3.63) is 17.5 Å². The lowest BCUT2D eigenvalue weighted by atomic mass is 10.0. The van der Waals surface area contributed by atoms with E-state index in [1.165, 1.54) is 0 Å². The van der Waals surface area contributed by atoms with E-state index in [1.807, 2.05) is 13.0 Å². The monoisotopic (exact) mass is 237 g/mol. The van der Waals surface area contributed by atoms with Crippen LogP contribution in [-0.2, 0) is 11.3 Å². The molecule has 94 valence electrons. The molecule has 1 aliphatic heterocycles. The summed E-state index contributed by atoms with van der Waals surface area (Å²) in [4.78, 5) is 13.9. The Hall–Kier alpha value is -1.36. The number of carbonyl (C=O) groups excluding carboxylic acids is 1. The molecule has 5 nitrogen and oxygen atoms in total. The molecule has 0 saturated carbocycles. The Bertz CT molecular complexity index is 402. The summed E-state index contributed by atoms with van der Waals surface area (Å²) in [6, 6.07) is 1.81. The Labute approximate surface area is 101 Å². The topological polar surface area (TPSA) is 58.4 Å². The van der Waals surface area contributed by atoms with Crippen molar-refractivity contribution in [1.29, 1.82) is 0 Å². The predicted octanol–water partition coefficient (Wildman–Crippen LogP) is 0.939. The molecule has 2 heterocycles. The van der Waals surface area contributed by atoms with Crippen LogP contribution in [0.5, 0.6) is 0 Å². The van der Waals surface area contributed by atoms with Gasteiger partial charge >= 0.3 is 0 Å². The van der Waals surface area contributed by atoms with Gasteiger partial charge in [0.25, 0.3) is 0 Å². The first-order chi connectivity index (χ1) is 8.08. The Morgan fingerprint density at radius 1 is 1.71 bits per heavy atom. The molecule has 1 fully saturated rings. The Morgan fingerprint density at radius 2 is 2.47 bits per heavy atom. The second kappa shape index (κ2) is 4.87. The lowest BCUT2D eigenvalue weighted by Crippen LogP contribution is -2.43. The molecule has 0 aliphatic carbocycles. The van der Waals surface area contributed by atoms with Crippen LogP contribution in [0.15, 0.2) is 10.6 Å². The number of nitrogens with one attached hydrogen (secondary N) is 1. The minimum absolute atomic E-state index is 0.0482. The van der Waals surface area contributed by atoms with Gasteiger partial charge in [0.1, 0.15) is 11.5 Å². The fourth-order valence-electron chi connectivity index (χ4n) is 2.22. The SMILES string of the molecule is Cc1cc(CN(C)C(=O)C2NCCC2C)no1. The highest BCUT2D eigenvalue weighted by molar-refractivity contribution is 5.82. The molecule has 2 rings (SSSR count). The largest absolute Gasteiger partial charge is 0.361 e. The summed E-state index contributed by atoms with van der Waals surface area (Å²) in [6.07, 6.45) is 1.06. The fraction of sp³-hybridized carbons (Fsp3) is 0.667. The zero-order valence-electron chi connectivity index (χ0n) is 10.6. The number of carbonyl (C=O) groups is 1. The summed E-state index contributed by atoms with van der Waals surface area (Å²) in [5, 5.41) is 7.14. The first kappa shape index (κ1) is 12.1. The van der Waals surface area contributed by atoms with Gasteiger partial charge in [0, 0.05) is 13.1 Å². The van der Waals surface area contributed by atoms with Crippen LogP contribution in [0.3, 0.4) is 0 Å². The number of amides is 1. The highest BCUT2D eigenvalue weighted by Gasteiger charge is 2.31. The molecule has 1 saturated heterocycles. The van der Waals surface area contributed by atoms with Gasteiger partial charge in [-0.3, -0.25) is 4.79 Å². The zero-order chi connectivity index (χ0) is 12.4. The molecule has 0 radical (unpaired) electrons. The molecular formula is C12H19N3O2. The molecule has 5 heteroatoms. The predicted molar refractivity (Wildman–Crippen MR) is 63.3 cm³/mol. The third-order valence-electron chi connectivity index (χ3n) is 3.25. The molecule has 1 aromatic heterocycles. The normalized spacial score (nSPS) is 23.9. The van der Waals surface area contributed by atoms with Gasteiger partial charge in [-0.25, -0.2) is 0 Å². The smallest absolute Gasteiger partial charge is 0.240 e. The number of aryl methyl sites for hydroxylation is 1. The van der Waals surface area contributed by atoms with E-state index in [9.17, 15) is 4.79 Å². The van der Waals surface area contributed by atoms with Gasteiger partial charge in [0.05, 0.1) is 12.6 Å². The standard InChI is InChI=1S/C12H19N3O2/c1-8-4-5-13-11(8)12(16)15(3)7-10-6-9(2)17-14-10/h6,8,11,13H,4-5,7H2,1-3H3. The van der Waals surface area contributed by atoms with E-state index in [0.717, 1.165) is 24.4 Å². The highest BCUT2D eigenvalue weighted by atomic mass is 16.5. The van der Waals surface area contributed by atoms with E-state index < -0.39 is 0 Å². The second-order valence-electron chi connectivity index (χ2n) is 4.82. The maximum absolute atomic E-state index is 12.2. The van der Waals surface area contributed by atoms with Crippen molar-refractivity contribution in [2.75, 3.05) is 13.6 Å².